The summed E-state index contributed by atoms with van der Waals surface area (Å²) in [6.45, 7) is 3.12. The Bertz CT molecular complexity index is 638. The van der Waals surface area contributed by atoms with Crippen LogP contribution in [0, 0.1) is 12.8 Å². The molecule has 1 N–H and O–H groups in total. The number of Topliss-reactive ketones (excluding diaryl/α,β-unsaturated/α-hetero) is 1. The summed E-state index contributed by atoms with van der Waals surface area (Å²) in [6, 6.07) is 4.95. The molecule has 2 heterocycles. The van der Waals surface area contributed by atoms with E-state index in [0.29, 0.717) is 24.2 Å². The Kier molecular flexibility index (Phi) is 1.95. The first kappa shape index (κ1) is 11.3. The SMILES string of the molecule is Cc1ccc2c3c1O[C@@H]1C(=O)CC[C@@H]4[C@H](C2)NCC[C@@]314. The third-order valence-electron chi connectivity index (χ3n) is 6.14. The third-order valence-corrected chi connectivity index (χ3v) is 6.14. The average Bonchev–Trinajstić information content (AvgIpc) is 2.78. The van der Waals surface area contributed by atoms with Crippen molar-refractivity contribution in [2.75, 3.05) is 6.54 Å². The van der Waals surface area contributed by atoms with Crippen LogP contribution in [0.15, 0.2) is 12.1 Å². The fraction of sp³-hybridized carbons (Fsp3) is 0.588. The maximum Gasteiger partial charge on any atom is 0.174 e. The molecule has 2 aliphatic heterocycles. The Hall–Kier alpha value is -1.35. The first-order chi connectivity index (χ1) is 9.72. The van der Waals surface area contributed by atoms with E-state index in [-0.39, 0.29) is 11.5 Å². The first-order valence-electron chi connectivity index (χ1n) is 7.77. The van der Waals surface area contributed by atoms with Gasteiger partial charge in [0.05, 0.1) is 0 Å². The summed E-state index contributed by atoms with van der Waals surface area (Å²) in [4.78, 5) is 12.5. The molecule has 5 rings (SSSR count). The van der Waals surface area contributed by atoms with E-state index >= 15 is 0 Å². The van der Waals surface area contributed by atoms with Gasteiger partial charge in [0.1, 0.15) is 5.75 Å². The molecule has 1 spiro atoms. The predicted molar refractivity (Wildman–Crippen MR) is 75.1 cm³/mol. The fourth-order valence-electron chi connectivity index (χ4n) is 5.39. The largest absolute Gasteiger partial charge is 0.481 e. The van der Waals surface area contributed by atoms with Gasteiger partial charge in [-0.05, 0) is 49.8 Å². The summed E-state index contributed by atoms with van der Waals surface area (Å²) in [6.07, 6.45) is 3.66. The maximum atomic E-state index is 12.5. The molecule has 2 bridgehead atoms. The lowest BCUT2D eigenvalue weighted by molar-refractivity contribution is -0.135. The van der Waals surface area contributed by atoms with Gasteiger partial charge in [0.2, 0.25) is 0 Å². The summed E-state index contributed by atoms with van der Waals surface area (Å²) in [7, 11) is 0. The number of carbonyl (C=O) groups is 1. The van der Waals surface area contributed by atoms with Crippen molar-refractivity contribution in [3.8, 4) is 5.75 Å². The number of carbonyl (C=O) groups excluding carboxylic acids is 1. The molecule has 1 aromatic rings. The lowest BCUT2D eigenvalue weighted by Crippen LogP contribution is -2.65. The Labute approximate surface area is 118 Å². The molecule has 1 aromatic carbocycles. The zero-order valence-electron chi connectivity index (χ0n) is 11.7. The molecule has 0 aromatic heterocycles. The van der Waals surface area contributed by atoms with Crippen LogP contribution >= 0.6 is 0 Å². The number of nitrogens with one attached hydrogen (secondary N) is 1. The third kappa shape index (κ3) is 1.07. The molecule has 4 atom stereocenters. The minimum absolute atomic E-state index is 0.0137. The Morgan fingerprint density at radius 2 is 2.30 bits per heavy atom. The van der Waals surface area contributed by atoms with Gasteiger partial charge in [0.25, 0.3) is 0 Å². The number of ether oxygens (including phenoxy) is 1. The molecule has 2 fully saturated rings. The summed E-state index contributed by atoms with van der Waals surface area (Å²) < 4.78 is 6.24. The van der Waals surface area contributed by atoms with Crippen LogP contribution in [0.5, 0.6) is 5.75 Å². The quantitative estimate of drug-likeness (QED) is 0.781. The van der Waals surface area contributed by atoms with Crippen LogP contribution < -0.4 is 10.1 Å². The number of hydrogen-bond donors (Lipinski definition) is 1. The number of aryl methyl sites for hydroxylation is 1. The molecular formula is C17H19NO2. The van der Waals surface area contributed by atoms with E-state index in [1.807, 2.05) is 0 Å². The second kappa shape index (κ2) is 3.45. The summed E-state index contributed by atoms with van der Waals surface area (Å²) in [5, 5.41) is 3.69. The average molecular weight is 269 g/mol. The van der Waals surface area contributed by atoms with Gasteiger partial charge in [0, 0.05) is 23.4 Å². The molecule has 1 saturated heterocycles. The monoisotopic (exact) mass is 269 g/mol. The van der Waals surface area contributed by atoms with Crippen molar-refractivity contribution in [2.24, 2.45) is 5.92 Å². The van der Waals surface area contributed by atoms with E-state index in [0.717, 1.165) is 31.6 Å². The molecule has 2 aliphatic carbocycles. The summed E-state index contributed by atoms with van der Waals surface area (Å²) in [5.41, 5.74) is 3.99. The van der Waals surface area contributed by atoms with Crippen LogP contribution in [-0.2, 0) is 16.6 Å². The molecule has 0 radical (unpaired) electrons. The zero-order valence-corrected chi connectivity index (χ0v) is 11.7. The van der Waals surface area contributed by atoms with Gasteiger partial charge in [-0.2, -0.15) is 0 Å². The summed E-state index contributed by atoms with van der Waals surface area (Å²) >= 11 is 0. The van der Waals surface area contributed by atoms with E-state index in [1.54, 1.807) is 0 Å². The lowest BCUT2D eigenvalue weighted by atomic mass is 9.52. The van der Waals surface area contributed by atoms with Crippen LogP contribution in [0.3, 0.4) is 0 Å². The minimum Gasteiger partial charge on any atom is -0.481 e. The molecule has 20 heavy (non-hydrogen) atoms. The van der Waals surface area contributed by atoms with Crippen LogP contribution in [0.25, 0.3) is 0 Å². The molecule has 4 aliphatic rings. The molecular weight excluding hydrogens is 250 g/mol. The van der Waals surface area contributed by atoms with Crippen LogP contribution in [0.2, 0.25) is 0 Å². The fourth-order valence-corrected chi connectivity index (χ4v) is 5.39. The van der Waals surface area contributed by atoms with Gasteiger partial charge < -0.3 is 10.1 Å². The minimum atomic E-state index is -0.207. The second-order valence-electron chi connectivity index (χ2n) is 6.91. The van der Waals surface area contributed by atoms with Crippen molar-refractivity contribution in [3.05, 3.63) is 28.8 Å². The first-order valence-corrected chi connectivity index (χ1v) is 7.77. The highest BCUT2D eigenvalue weighted by molar-refractivity contribution is 5.89. The highest BCUT2D eigenvalue weighted by Gasteiger charge is 2.64. The predicted octanol–water partition coefficient (Wildman–Crippen LogP) is 1.89. The Morgan fingerprint density at radius 3 is 3.20 bits per heavy atom. The van der Waals surface area contributed by atoms with Crippen LogP contribution in [0.1, 0.15) is 36.0 Å². The molecule has 3 nitrogen and oxygen atoms in total. The highest BCUT2D eigenvalue weighted by Crippen LogP contribution is 2.60. The maximum absolute atomic E-state index is 12.5. The van der Waals surface area contributed by atoms with Crippen LogP contribution in [0.4, 0.5) is 0 Å². The standard InChI is InChI=1S/C17H19NO2/c1-9-2-3-10-8-12-11-4-5-13(19)16-17(11,6-7-18-12)14(10)15(9)20-16/h2-3,11-12,16,18H,4-8H2,1H3/t11-,12+,16-,17-/m1/s1. The topological polar surface area (TPSA) is 38.3 Å². The zero-order chi connectivity index (χ0) is 13.5. The van der Waals surface area contributed by atoms with Gasteiger partial charge >= 0.3 is 0 Å². The van der Waals surface area contributed by atoms with Crippen molar-refractivity contribution in [1.29, 1.82) is 0 Å². The normalized spacial score (nSPS) is 40.2. The number of piperidine rings is 1. The highest BCUT2D eigenvalue weighted by atomic mass is 16.5. The van der Waals surface area contributed by atoms with Crippen molar-refractivity contribution in [3.63, 3.8) is 0 Å². The second-order valence-corrected chi connectivity index (χ2v) is 6.91. The number of hydrogen-bond acceptors (Lipinski definition) is 3. The molecule has 1 saturated carbocycles. The van der Waals surface area contributed by atoms with E-state index in [4.69, 9.17) is 4.74 Å². The Morgan fingerprint density at radius 1 is 1.40 bits per heavy atom. The number of rotatable bonds is 0. The number of benzene rings is 1. The molecule has 0 amide bonds. The van der Waals surface area contributed by atoms with Gasteiger partial charge in [-0.3, -0.25) is 4.79 Å². The lowest BCUT2D eigenvalue weighted by Gasteiger charge is -2.54. The van der Waals surface area contributed by atoms with Crippen molar-refractivity contribution in [1.82, 2.24) is 5.32 Å². The van der Waals surface area contributed by atoms with Crippen molar-refractivity contribution < 1.29 is 9.53 Å². The molecule has 0 unspecified atom stereocenters. The van der Waals surface area contributed by atoms with Gasteiger partial charge in [-0.15, -0.1) is 0 Å². The molecule has 3 heteroatoms. The Balaban J connectivity index is 1.85. The van der Waals surface area contributed by atoms with Gasteiger partial charge in [-0.1, -0.05) is 12.1 Å². The molecule has 104 valence electrons. The van der Waals surface area contributed by atoms with Crippen molar-refractivity contribution >= 4 is 5.78 Å². The summed E-state index contributed by atoms with van der Waals surface area (Å²) in [5.74, 6) is 1.94. The van der Waals surface area contributed by atoms with Gasteiger partial charge in [-0.25, -0.2) is 0 Å². The number of ketones is 1. The van der Waals surface area contributed by atoms with E-state index < -0.39 is 0 Å². The van der Waals surface area contributed by atoms with Gasteiger partial charge in [0.15, 0.2) is 11.9 Å². The smallest absolute Gasteiger partial charge is 0.174 e. The van der Waals surface area contributed by atoms with Crippen molar-refractivity contribution in [2.45, 2.75) is 50.2 Å². The van der Waals surface area contributed by atoms with E-state index in [1.165, 1.54) is 16.7 Å². The van der Waals surface area contributed by atoms with E-state index in [9.17, 15) is 4.79 Å². The van der Waals surface area contributed by atoms with Crippen LogP contribution in [-0.4, -0.2) is 24.5 Å². The van der Waals surface area contributed by atoms with E-state index in [2.05, 4.69) is 24.4 Å².